The van der Waals surface area contributed by atoms with Crippen LogP contribution in [0.25, 0.3) is 0 Å². The van der Waals surface area contributed by atoms with Crippen molar-refractivity contribution < 1.29 is 9.15 Å². The lowest BCUT2D eigenvalue weighted by molar-refractivity contribution is 0.194. The lowest BCUT2D eigenvalue weighted by Crippen LogP contribution is -2.24. The first-order valence-electron chi connectivity index (χ1n) is 5.64. The third-order valence-corrected chi connectivity index (χ3v) is 3.52. The number of rotatable bonds is 8. The van der Waals surface area contributed by atoms with E-state index in [4.69, 9.17) is 9.15 Å². The first-order chi connectivity index (χ1) is 7.74. The minimum Gasteiger partial charge on any atom is -0.468 e. The molecule has 16 heavy (non-hydrogen) atoms. The number of hydrogen-bond acceptors (Lipinski definition) is 4. The van der Waals surface area contributed by atoms with E-state index in [9.17, 15) is 0 Å². The number of ether oxygens (including phenoxy) is 1. The zero-order valence-electron chi connectivity index (χ0n) is 10.3. The summed E-state index contributed by atoms with van der Waals surface area (Å²) in [5.41, 5.74) is 0. The number of furan rings is 1. The van der Waals surface area contributed by atoms with Gasteiger partial charge in [-0.25, -0.2) is 0 Å². The van der Waals surface area contributed by atoms with Crippen LogP contribution in [0.15, 0.2) is 21.6 Å². The monoisotopic (exact) mass is 243 g/mol. The second-order valence-corrected chi connectivity index (χ2v) is 5.30. The van der Waals surface area contributed by atoms with Crippen LogP contribution in [0.3, 0.4) is 0 Å². The molecule has 3 nitrogen and oxygen atoms in total. The highest BCUT2D eigenvalue weighted by atomic mass is 32.2. The lowest BCUT2D eigenvalue weighted by Gasteiger charge is -2.11. The predicted molar refractivity (Wildman–Crippen MR) is 68.1 cm³/mol. The molecular weight excluding hydrogens is 222 g/mol. The highest BCUT2D eigenvalue weighted by molar-refractivity contribution is 8.00. The number of aryl methyl sites for hydroxylation is 1. The lowest BCUT2D eigenvalue weighted by atomic mass is 10.4. The van der Waals surface area contributed by atoms with Crippen molar-refractivity contribution in [2.24, 2.45) is 0 Å². The van der Waals surface area contributed by atoms with E-state index in [1.54, 1.807) is 13.4 Å². The van der Waals surface area contributed by atoms with Crippen LogP contribution in [0.4, 0.5) is 0 Å². The summed E-state index contributed by atoms with van der Waals surface area (Å²) in [5, 5.41) is 3.97. The first-order valence-corrected chi connectivity index (χ1v) is 6.52. The van der Waals surface area contributed by atoms with E-state index in [1.807, 2.05) is 24.8 Å². The molecule has 92 valence electrons. The summed E-state index contributed by atoms with van der Waals surface area (Å²) < 4.78 is 10.3. The number of nitrogens with one attached hydrogen (secondary N) is 1. The molecule has 1 N–H and O–H groups in total. The summed E-state index contributed by atoms with van der Waals surface area (Å²) in [4.78, 5) is 1.24. The van der Waals surface area contributed by atoms with Crippen molar-refractivity contribution in [1.82, 2.24) is 5.32 Å². The van der Waals surface area contributed by atoms with Gasteiger partial charge in [-0.1, -0.05) is 6.92 Å². The second-order valence-electron chi connectivity index (χ2n) is 3.82. The summed E-state index contributed by atoms with van der Waals surface area (Å²) in [6, 6.07) is 2.03. The Balaban J connectivity index is 2.11. The van der Waals surface area contributed by atoms with E-state index in [2.05, 4.69) is 12.2 Å². The van der Waals surface area contributed by atoms with E-state index in [0.29, 0.717) is 5.25 Å². The first kappa shape index (κ1) is 13.6. The Morgan fingerprint density at radius 3 is 3.00 bits per heavy atom. The average molecular weight is 243 g/mol. The fraction of sp³-hybridized carbons (Fsp3) is 0.667. The molecule has 4 heteroatoms. The Morgan fingerprint density at radius 1 is 1.56 bits per heavy atom. The van der Waals surface area contributed by atoms with Crippen LogP contribution < -0.4 is 5.32 Å². The second kappa shape index (κ2) is 7.76. The molecule has 0 amide bonds. The van der Waals surface area contributed by atoms with E-state index in [-0.39, 0.29) is 0 Å². The zero-order valence-corrected chi connectivity index (χ0v) is 11.1. The average Bonchev–Trinajstić information content (AvgIpc) is 2.64. The highest BCUT2D eigenvalue weighted by Gasteiger charge is 2.07. The van der Waals surface area contributed by atoms with Gasteiger partial charge < -0.3 is 14.5 Å². The summed E-state index contributed by atoms with van der Waals surface area (Å²) in [5.74, 6) is 1.01. The van der Waals surface area contributed by atoms with Gasteiger partial charge in [-0.2, -0.15) is 0 Å². The maximum absolute atomic E-state index is 5.27. The van der Waals surface area contributed by atoms with Crippen LogP contribution in [0.1, 0.15) is 19.1 Å². The number of thioether (sulfide) groups is 1. The van der Waals surface area contributed by atoms with Gasteiger partial charge in [-0.15, -0.1) is 11.8 Å². The fourth-order valence-electron chi connectivity index (χ4n) is 1.40. The van der Waals surface area contributed by atoms with Crippen LogP contribution in [0.5, 0.6) is 0 Å². The largest absolute Gasteiger partial charge is 0.468 e. The van der Waals surface area contributed by atoms with Crippen molar-refractivity contribution >= 4 is 11.8 Å². The Labute approximate surface area is 102 Å². The van der Waals surface area contributed by atoms with Gasteiger partial charge in [0, 0.05) is 30.4 Å². The van der Waals surface area contributed by atoms with Crippen molar-refractivity contribution in [3.05, 3.63) is 18.1 Å². The molecule has 0 bridgehead atoms. The molecule has 0 saturated heterocycles. The van der Waals surface area contributed by atoms with Crippen LogP contribution in [0, 0.1) is 6.92 Å². The predicted octanol–water partition coefficient (Wildman–Crippen LogP) is 2.69. The number of hydrogen-bond donors (Lipinski definition) is 1. The molecule has 1 heterocycles. The maximum atomic E-state index is 5.27. The van der Waals surface area contributed by atoms with Crippen LogP contribution >= 0.6 is 11.8 Å². The van der Waals surface area contributed by atoms with Crippen LogP contribution in [-0.2, 0) is 4.74 Å². The van der Waals surface area contributed by atoms with Gasteiger partial charge in [0.1, 0.15) is 5.76 Å². The molecule has 0 saturated carbocycles. The maximum Gasteiger partial charge on any atom is 0.114 e. The van der Waals surface area contributed by atoms with Gasteiger partial charge in [0.15, 0.2) is 0 Å². The zero-order chi connectivity index (χ0) is 11.8. The molecule has 1 aromatic heterocycles. The van der Waals surface area contributed by atoms with E-state index < -0.39 is 0 Å². The van der Waals surface area contributed by atoms with Crippen molar-refractivity contribution in [3.8, 4) is 0 Å². The molecule has 0 aliphatic rings. The summed E-state index contributed by atoms with van der Waals surface area (Å²) >= 11 is 1.85. The van der Waals surface area contributed by atoms with Gasteiger partial charge in [-0.05, 0) is 26.0 Å². The molecular formula is C12H21NO2S. The third-order valence-electron chi connectivity index (χ3n) is 2.27. The van der Waals surface area contributed by atoms with Gasteiger partial charge in [0.05, 0.1) is 6.26 Å². The summed E-state index contributed by atoms with van der Waals surface area (Å²) in [6.45, 7) is 7.08. The Hall–Kier alpha value is -0.450. The summed E-state index contributed by atoms with van der Waals surface area (Å²) in [6.07, 6.45) is 2.81. The van der Waals surface area contributed by atoms with Gasteiger partial charge in [-0.3, -0.25) is 0 Å². The van der Waals surface area contributed by atoms with Gasteiger partial charge in [0.25, 0.3) is 0 Å². The van der Waals surface area contributed by atoms with Crippen molar-refractivity contribution in [1.29, 1.82) is 0 Å². The minimum absolute atomic E-state index is 0.554. The third kappa shape index (κ3) is 5.05. The molecule has 1 atom stereocenters. The van der Waals surface area contributed by atoms with Gasteiger partial charge in [0.2, 0.25) is 0 Å². The Bertz CT molecular complexity index is 288. The normalized spacial score (nSPS) is 12.9. The van der Waals surface area contributed by atoms with Crippen LogP contribution in [-0.4, -0.2) is 32.1 Å². The van der Waals surface area contributed by atoms with E-state index >= 15 is 0 Å². The summed E-state index contributed by atoms with van der Waals surface area (Å²) in [7, 11) is 1.74. The molecule has 0 fully saturated rings. The molecule has 0 aliphatic heterocycles. The molecule has 1 aromatic rings. The molecule has 0 aromatic carbocycles. The van der Waals surface area contributed by atoms with Crippen molar-refractivity contribution in [3.63, 3.8) is 0 Å². The van der Waals surface area contributed by atoms with Crippen molar-refractivity contribution in [2.75, 3.05) is 26.8 Å². The number of methoxy groups -OCH3 is 1. The minimum atomic E-state index is 0.554. The fourth-order valence-corrected chi connectivity index (χ4v) is 2.38. The molecule has 0 spiro atoms. The molecule has 1 rings (SSSR count). The molecule has 1 unspecified atom stereocenters. The Morgan fingerprint density at radius 2 is 2.38 bits per heavy atom. The smallest absolute Gasteiger partial charge is 0.114 e. The molecule has 0 aliphatic carbocycles. The highest BCUT2D eigenvalue weighted by Crippen LogP contribution is 2.26. The topological polar surface area (TPSA) is 34.4 Å². The molecule has 0 radical (unpaired) electrons. The quantitative estimate of drug-likeness (QED) is 0.562. The SMILES string of the molecule is COCCCNCC(C)Sc1ccoc1C. The van der Waals surface area contributed by atoms with E-state index in [1.165, 1.54) is 4.90 Å². The van der Waals surface area contributed by atoms with Crippen molar-refractivity contribution in [2.45, 2.75) is 30.4 Å². The Kier molecular flexibility index (Phi) is 6.61. The van der Waals surface area contributed by atoms with Gasteiger partial charge >= 0.3 is 0 Å². The van der Waals surface area contributed by atoms with Crippen LogP contribution in [0.2, 0.25) is 0 Å². The standard InChI is InChI=1S/C12H21NO2S/c1-10(9-13-6-4-7-14-3)16-12-5-8-15-11(12)2/h5,8,10,13H,4,6-7,9H2,1-3H3. The van der Waals surface area contributed by atoms with E-state index in [0.717, 1.165) is 31.9 Å².